The third kappa shape index (κ3) is 3.56. The second kappa shape index (κ2) is 5.53. The fraction of sp³-hybridized carbons (Fsp3) is 0.636. The first-order chi connectivity index (χ1) is 7.52. The van der Waals surface area contributed by atoms with E-state index in [0.29, 0.717) is 11.7 Å². The highest BCUT2D eigenvalue weighted by molar-refractivity contribution is 5.75. The van der Waals surface area contributed by atoms with Gasteiger partial charge in [0.05, 0.1) is 0 Å². The zero-order valence-electron chi connectivity index (χ0n) is 10.1. The summed E-state index contributed by atoms with van der Waals surface area (Å²) in [6.45, 7) is 6.47. The topological polar surface area (TPSA) is 72.9 Å². The Hall–Kier alpha value is -1.52. The molecule has 0 aliphatic carbocycles. The van der Waals surface area contributed by atoms with E-state index >= 15 is 0 Å². The largest absolute Gasteiger partial charge is 0.382 e. The molecule has 1 heterocycles. The molecular formula is C11H20N4O. The van der Waals surface area contributed by atoms with Crippen molar-refractivity contribution >= 4 is 11.7 Å². The minimum atomic E-state index is -0.0316. The number of aromatic nitrogens is 2. The number of carbonyl (C=O) groups is 1. The maximum Gasteiger partial charge on any atom is 0.241 e. The third-order valence-corrected chi connectivity index (χ3v) is 2.85. The van der Waals surface area contributed by atoms with Gasteiger partial charge < -0.3 is 11.1 Å². The second-order valence-electron chi connectivity index (χ2n) is 4.18. The van der Waals surface area contributed by atoms with Gasteiger partial charge in [0, 0.05) is 12.2 Å². The summed E-state index contributed by atoms with van der Waals surface area (Å²) in [5, 5.41) is 6.90. The van der Waals surface area contributed by atoms with Gasteiger partial charge in [-0.1, -0.05) is 20.3 Å². The molecule has 0 fully saturated rings. The highest BCUT2D eigenvalue weighted by atomic mass is 16.2. The molecule has 2 unspecified atom stereocenters. The predicted molar refractivity (Wildman–Crippen MR) is 63.7 cm³/mol. The average Bonchev–Trinajstić information content (AvgIpc) is 2.62. The van der Waals surface area contributed by atoms with E-state index < -0.39 is 0 Å². The van der Waals surface area contributed by atoms with Gasteiger partial charge >= 0.3 is 0 Å². The minimum absolute atomic E-state index is 0.0316. The van der Waals surface area contributed by atoms with Crippen molar-refractivity contribution < 1.29 is 4.79 Å². The molecule has 0 bridgehead atoms. The number of nitrogen functional groups attached to an aromatic ring is 1. The number of rotatable bonds is 5. The highest BCUT2D eigenvalue weighted by Gasteiger charge is 2.13. The Balaban J connectivity index is 2.42. The lowest BCUT2D eigenvalue weighted by Gasteiger charge is -2.19. The van der Waals surface area contributed by atoms with Crippen LogP contribution in [-0.4, -0.2) is 21.7 Å². The molecule has 0 aliphatic heterocycles. The van der Waals surface area contributed by atoms with Crippen molar-refractivity contribution in [2.45, 2.75) is 39.8 Å². The quantitative estimate of drug-likeness (QED) is 0.784. The SMILES string of the molecule is CCC(C)C(C)NC(=O)Cn1ccc(N)n1. The van der Waals surface area contributed by atoms with Crippen LogP contribution in [0.4, 0.5) is 5.82 Å². The van der Waals surface area contributed by atoms with Gasteiger partial charge in [-0.05, 0) is 18.9 Å². The van der Waals surface area contributed by atoms with Crippen molar-refractivity contribution in [3.8, 4) is 0 Å². The zero-order valence-corrected chi connectivity index (χ0v) is 10.1. The summed E-state index contributed by atoms with van der Waals surface area (Å²) in [7, 11) is 0. The Bertz CT molecular complexity index is 348. The maximum absolute atomic E-state index is 11.6. The summed E-state index contributed by atoms with van der Waals surface area (Å²) >= 11 is 0. The van der Waals surface area contributed by atoms with Crippen molar-refractivity contribution in [3.63, 3.8) is 0 Å². The van der Waals surface area contributed by atoms with Crippen LogP contribution in [0.3, 0.4) is 0 Å². The minimum Gasteiger partial charge on any atom is -0.382 e. The van der Waals surface area contributed by atoms with Gasteiger partial charge in [0.2, 0.25) is 5.91 Å². The molecule has 90 valence electrons. The molecule has 0 saturated carbocycles. The van der Waals surface area contributed by atoms with Crippen LogP contribution in [-0.2, 0) is 11.3 Å². The van der Waals surface area contributed by atoms with E-state index in [0.717, 1.165) is 6.42 Å². The molecule has 1 amide bonds. The van der Waals surface area contributed by atoms with Crippen LogP contribution >= 0.6 is 0 Å². The molecule has 5 heteroatoms. The van der Waals surface area contributed by atoms with Crippen LogP contribution in [0.2, 0.25) is 0 Å². The van der Waals surface area contributed by atoms with Crippen LogP contribution < -0.4 is 11.1 Å². The molecule has 2 atom stereocenters. The molecule has 0 aliphatic rings. The van der Waals surface area contributed by atoms with E-state index in [1.165, 1.54) is 4.68 Å². The van der Waals surface area contributed by atoms with E-state index in [2.05, 4.69) is 24.3 Å². The van der Waals surface area contributed by atoms with E-state index in [9.17, 15) is 4.79 Å². The Kier molecular flexibility index (Phi) is 4.34. The van der Waals surface area contributed by atoms with E-state index in [4.69, 9.17) is 5.73 Å². The van der Waals surface area contributed by atoms with Crippen molar-refractivity contribution in [2.75, 3.05) is 5.73 Å². The van der Waals surface area contributed by atoms with Crippen molar-refractivity contribution in [2.24, 2.45) is 5.92 Å². The number of amides is 1. The molecular weight excluding hydrogens is 204 g/mol. The van der Waals surface area contributed by atoms with Crippen LogP contribution in [0.1, 0.15) is 27.2 Å². The number of nitrogens with zero attached hydrogens (tertiary/aromatic N) is 2. The lowest BCUT2D eigenvalue weighted by Crippen LogP contribution is -2.38. The molecule has 0 aromatic carbocycles. The molecule has 5 nitrogen and oxygen atoms in total. The fourth-order valence-electron chi connectivity index (χ4n) is 1.41. The average molecular weight is 224 g/mol. The Morgan fingerprint density at radius 1 is 1.62 bits per heavy atom. The number of hydrogen-bond acceptors (Lipinski definition) is 3. The van der Waals surface area contributed by atoms with E-state index in [1.807, 2.05) is 6.92 Å². The molecule has 1 aromatic rings. The third-order valence-electron chi connectivity index (χ3n) is 2.85. The van der Waals surface area contributed by atoms with Crippen LogP contribution in [0.15, 0.2) is 12.3 Å². The van der Waals surface area contributed by atoms with Gasteiger partial charge in [-0.3, -0.25) is 9.48 Å². The van der Waals surface area contributed by atoms with Gasteiger partial charge in [-0.2, -0.15) is 5.10 Å². The zero-order chi connectivity index (χ0) is 12.1. The normalized spacial score (nSPS) is 14.4. The molecule has 16 heavy (non-hydrogen) atoms. The standard InChI is InChI=1S/C11H20N4O/c1-4-8(2)9(3)13-11(16)7-15-6-5-10(12)14-15/h5-6,8-9H,4,7H2,1-3H3,(H2,12,14)(H,13,16). The highest BCUT2D eigenvalue weighted by Crippen LogP contribution is 2.06. The summed E-state index contributed by atoms with van der Waals surface area (Å²) in [5.41, 5.74) is 5.46. The Morgan fingerprint density at radius 3 is 2.81 bits per heavy atom. The van der Waals surface area contributed by atoms with Crippen molar-refractivity contribution in [1.82, 2.24) is 15.1 Å². The summed E-state index contributed by atoms with van der Waals surface area (Å²) in [6.07, 6.45) is 2.75. The Labute approximate surface area is 96.0 Å². The van der Waals surface area contributed by atoms with Gasteiger partial charge in [0.15, 0.2) is 0 Å². The summed E-state index contributed by atoms with van der Waals surface area (Å²) < 4.78 is 1.54. The summed E-state index contributed by atoms with van der Waals surface area (Å²) in [5.74, 6) is 0.880. The van der Waals surface area contributed by atoms with Crippen molar-refractivity contribution in [3.05, 3.63) is 12.3 Å². The fourth-order valence-corrected chi connectivity index (χ4v) is 1.41. The number of hydrogen-bond donors (Lipinski definition) is 2. The van der Waals surface area contributed by atoms with Crippen LogP contribution in [0.5, 0.6) is 0 Å². The van der Waals surface area contributed by atoms with Gasteiger partial charge in [0.1, 0.15) is 12.4 Å². The number of nitrogens with two attached hydrogens (primary N) is 1. The molecule has 3 N–H and O–H groups in total. The first-order valence-electron chi connectivity index (χ1n) is 5.61. The monoisotopic (exact) mass is 224 g/mol. The van der Waals surface area contributed by atoms with Crippen LogP contribution in [0, 0.1) is 5.92 Å². The predicted octanol–water partition coefficient (Wildman–Crippen LogP) is 1.02. The maximum atomic E-state index is 11.6. The van der Waals surface area contributed by atoms with E-state index in [-0.39, 0.29) is 18.5 Å². The van der Waals surface area contributed by atoms with Gasteiger partial charge in [0.25, 0.3) is 0 Å². The van der Waals surface area contributed by atoms with E-state index in [1.54, 1.807) is 12.3 Å². The Morgan fingerprint density at radius 2 is 2.31 bits per heavy atom. The van der Waals surface area contributed by atoms with Gasteiger partial charge in [-0.15, -0.1) is 0 Å². The van der Waals surface area contributed by atoms with Crippen LogP contribution in [0.25, 0.3) is 0 Å². The molecule has 0 spiro atoms. The molecule has 1 aromatic heterocycles. The second-order valence-corrected chi connectivity index (χ2v) is 4.18. The lowest BCUT2D eigenvalue weighted by atomic mass is 10.0. The molecule has 0 saturated heterocycles. The van der Waals surface area contributed by atoms with Gasteiger partial charge in [-0.25, -0.2) is 0 Å². The molecule has 1 rings (SSSR count). The lowest BCUT2D eigenvalue weighted by molar-refractivity contribution is -0.122. The number of nitrogens with one attached hydrogen (secondary N) is 1. The summed E-state index contributed by atoms with van der Waals surface area (Å²) in [6, 6.07) is 1.86. The van der Waals surface area contributed by atoms with Crippen molar-refractivity contribution in [1.29, 1.82) is 0 Å². The summed E-state index contributed by atoms with van der Waals surface area (Å²) in [4.78, 5) is 11.6. The molecule has 0 radical (unpaired) electrons. The smallest absolute Gasteiger partial charge is 0.241 e. The number of carbonyl (C=O) groups excluding carboxylic acids is 1. The first-order valence-corrected chi connectivity index (χ1v) is 5.61. The first kappa shape index (κ1) is 12.5. The number of anilines is 1.